The summed E-state index contributed by atoms with van der Waals surface area (Å²) >= 11 is 0. The van der Waals surface area contributed by atoms with E-state index >= 15 is 0 Å². The monoisotopic (exact) mass is 297 g/mol. The first-order valence-corrected chi connectivity index (χ1v) is 6.53. The number of carboxylic acid groups (broad SMARTS) is 1. The van der Waals surface area contributed by atoms with Crippen LogP contribution >= 0.6 is 0 Å². The van der Waals surface area contributed by atoms with Gasteiger partial charge in [0.2, 0.25) is 0 Å². The molecule has 0 aliphatic heterocycles. The van der Waals surface area contributed by atoms with Crippen LogP contribution in [0.4, 0.5) is 0 Å². The maximum atomic E-state index is 11.1. The number of aromatic amines is 1. The molecule has 0 aliphatic carbocycles. The van der Waals surface area contributed by atoms with Gasteiger partial charge in [0.1, 0.15) is 12.3 Å². The van der Waals surface area contributed by atoms with Gasteiger partial charge in [-0.05, 0) is 30.9 Å². The van der Waals surface area contributed by atoms with Gasteiger partial charge in [-0.3, -0.25) is 9.59 Å². The lowest BCUT2D eigenvalue weighted by Gasteiger charge is -2.06. The summed E-state index contributed by atoms with van der Waals surface area (Å²) in [7, 11) is 0. The number of esters is 2. The summed E-state index contributed by atoms with van der Waals surface area (Å²) in [4.78, 5) is 35.5. The number of aromatic carboxylic acids is 1. The molecule has 0 unspecified atom stereocenters. The van der Waals surface area contributed by atoms with Crippen LogP contribution in [0.2, 0.25) is 0 Å². The second-order valence-electron chi connectivity index (χ2n) is 4.61. The van der Waals surface area contributed by atoms with Crippen molar-refractivity contribution in [2.24, 2.45) is 0 Å². The van der Waals surface area contributed by atoms with E-state index in [9.17, 15) is 14.4 Å². The van der Waals surface area contributed by atoms with Gasteiger partial charge in [0.25, 0.3) is 0 Å². The molecule has 1 heterocycles. The molecule has 0 aromatic carbocycles. The first kappa shape index (κ1) is 16.7. The van der Waals surface area contributed by atoms with Crippen molar-refractivity contribution in [3.8, 4) is 0 Å². The van der Waals surface area contributed by atoms with Crippen molar-refractivity contribution in [2.45, 2.75) is 40.2 Å². The number of rotatable bonds is 7. The highest BCUT2D eigenvalue weighted by atomic mass is 16.5. The topological polar surface area (TPSA) is 106 Å². The fourth-order valence-electron chi connectivity index (χ4n) is 2.01. The highest BCUT2D eigenvalue weighted by Gasteiger charge is 2.19. The van der Waals surface area contributed by atoms with Crippen LogP contribution in [-0.2, 0) is 32.1 Å². The van der Waals surface area contributed by atoms with Gasteiger partial charge in [0, 0.05) is 13.8 Å². The van der Waals surface area contributed by atoms with Gasteiger partial charge in [0.05, 0.1) is 12.3 Å². The molecule has 0 bridgehead atoms. The summed E-state index contributed by atoms with van der Waals surface area (Å²) in [6, 6.07) is 0. The largest absolute Gasteiger partial charge is 0.477 e. The maximum Gasteiger partial charge on any atom is 0.352 e. The van der Waals surface area contributed by atoms with E-state index in [-0.39, 0.29) is 24.9 Å². The van der Waals surface area contributed by atoms with Crippen molar-refractivity contribution in [3.63, 3.8) is 0 Å². The Morgan fingerprint density at radius 2 is 1.76 bits per heavy atom. The fraction of sp³-hybridized carbons (Fsp3) is 0.500. The van der Waals surface area contributed by atoms with Gasteiger partial charge >= 0.3 is 17.9 Å². The average Bonchev–Trinajstić information content (AvgIpc) is 2.69. The molecular formula is C14H19NO6. The molecule has 116 valence electrons. The Labute approximate surface area is 122 Å². The van der Waals surface area contributed by atoms with E-state index in [2.05, 4.69) is 4.98 Å². The fourth-order valence-corrected chi connectivity index (χ4v) is 2.01. The Morgan fingerprint density at radius 1 is 1.14 bits per heavy atom. The third kappa shape index (κ3) is 4.94. The number of carbonyl (C=O) groups excluding carboxylic acids is 2. The van der Waals surface area contributed by atoms with Crippen LogP contribution < -0.4 is 0 Å². The number of carbonyl (C=O) groups is 3. The van der Waals surface area contributed by atoms with E-state index in [0.29, 0.717) is 24.1 Å². The Hall–Kier alpha value is -2.31. The molecule has 21 heavy (non-hydrogen) atoms. The van der Waals surface area contributed by atoms with Crippen molar-refractivity contribution in [3.05, 3.63) is 22.5 Å². The van der Waals surface area contributed by atoms with Gasteiger partial charge in [-0.2, -0.15) is 0 Å². The molecule has 1 aromatic heterocycles. The van der Waals surface area contributed by atoms with Crippen molar-refractivity contribution >= 4 is 17.9 Å². The Morgan fingerprint density at radius 3 is 2.29 bits per heavy atom. The van der Waals surface area contributed by atoms with Crippen molar-refractivity contribution in [1.82, 2.24) is 4.98 Å². The van der Waals surface area contributed by atoms with Crippen LogP contribution in [0.5, 0.6) is 0 Å². The highest BCUT2D eigenvalue weighted by molar-refractivity contribution is 5.88. The molecular weight excluding hydrogens is 278 g/mol. The number of carboxylic acids is 1. The number of H-pyrrole nitrogens is 1. The number of hydrogen-bond acceptors (Lipinski definition) is 5. The summed E-state index contributed by atoms with van der Waals surface area (Å²) in [6.45, 7) is 4.56. The first-order chi connectivity index (χ1) is 9.82. The lowest BCUT2D eigenvalue weighted by molar-refractivity contribution is -0.142. The van der Waals surface area contributed by atoms with Crippen LogP contribution in [0.15, 0.2) is 0 Å². The van der Waals surface area contributed by atoms with E-state index in [1.54, 1.807) is 6.92 Å². The Kier molecular flexibility index (Phi) is 5.95. The van der Waals surface area contributed by atoms with Gasteiger partial charge in [-0.25, -0.2) is 4.79 Å². The average molecular weight is 297 g/mol. The molecule has 0 saturated carbocycles. The van der Waals surface area contributed by atoms with Gasteiger partial charge < -0.3 is 19.6 Å². The lowest BCUT2D eigenvalue weighted by Crippen LogP contribution is -2.05. The van der Waals surface area contributed by atoms with E-state index < -0.39 is 11.9 Å². The van der Waals surface area contributed by atoms with E-state index in [0.717, 1.165) is 5.56 Å². The first-order valence-electron chi connectivity index (χ1n) is 6.53. The SMILES string of the molecule is CC(=O)OCCCc1c(COC(C)=O)[nH]c(C(=O)O)c1C. The number of hydrogen-bond donors (Lipinski definition) is 2. The molecule has 1 rings (SSSR count). The minimum Gasteiger partial charge on any atom is -0.477 e. The maximum absolute atomic E-state index is 11.1. The number of aromatic nitrogens is 1. The second-order valence-corrected chi connectivity index (χ2v) is 4.61. The molecule has 0 saturated heterocycles. The number of nitrogens with one attached hydrogen (secondary N) is 1. The number of ether oxygens (including phenoxy) is 2. The van der Waals surface area contributed by atoms with Crippen LogP contribution in [0.25, 0.3) is 0 Å². The molecule has 0 radical (unpaired) electrons. The quantitative estimate of drug-likeness (QED) is 0.584. The summed E-state index contributed by atoms with van der Waals surface area (Å²) in [5, 5.41) is 9.12. The third-order valence-electron chi connectivity index (χ3n) is 2.98. The van der Waals surface area contributed by atoms with Crippen molar-refractivity contribution in [1.29, 1.82) is 0 Å². The molecule has 0 amide bonds. The van der Waals surface area contributed by atoms with E-state index in [1.165, 1.54) is 13.8 Å². The molecule has 7 heteroatoms. The van der Waals surface area contributed by atoms with Gasteiger partial charge in [-0.15, -0.1) is 0 Å². The smallest absolute Gasteiger partial charge is 0.352 e. The van der Waals surface area contributed by atoms with Gasteiger partial charge in [0.15, 0.2) is 0 Å². The summed E-state index contributed by atoms with van der Waals surface area (Å²) in [5.41, 5.74) is 2.02. The lowest BCUT2D eigenvalue weighted by atomic mass is 10.0. The Balaban J connectivity index is 2.84. The predicted molar refractivity (Wildman–Crippen MR) is 72.9 cm³/mol. The molecule has 7 nitrogen and oxygen atoms in total. The summed E-state index contributed by atoms with van der Waals surface area (Å²) in [6.07, 6.45) is 1.09. The minimum atomic E-state index is -1.07. The highest BCUT2D eigenvalue weighted by Crippen LogP contribution is 2.21. The van der Waals surface area contributed by atoms with Crippen LogP contribution in [-0.4, -0.2) is 34.6 Å². The zero-order chi connectivity index (χ0) is 16.0. The molecule has 0 aliphatic rings. The van der Waals surface area contributed by atoms with Crippen molar-refractivity contribution in [2.75, 3.05) is 6.61 Å². The minimum absolute atomic E-state index is 0.00759. The standard InChI is InChI=1S/C14H19NO6/c1-8-11(5-4-6-20-9(2)16)12(7-21-10(3)17)15-13(8)14(18)19/h15H,4-7H2,1-3H3,(H,18,19). The zero-order valence-corrected chi connectivity index (χ0v) is 12.3. The van der Waals surface area contributed by atoms with E-state index in [1.807, 2.05) is 0 Å². The molecule has 0 atom stereocenters. The van der Waals surface area contributed by atoms with Crippen molar-refractivity contribution < 1.29 is 29.0 Å². The molecule has 1 aromatic rings. The predicted octanol–water partition coefficient (Wildman–Crippen LogP) is 1.58. The van der Waals surface area contributed by atoms with E-state index in [4.69, 9.17) is 14.6 Å². The third-order valence-corrected chi connectivity index (χ3v) is 2.98. The molecule has 0 spiro atoms. The molecule has 2 N–H and O–H groups in total. The van der Waals surface area contributed by atoms with Crippen LogP contribution in [0.1, 0.15) is 47.6 Å². The second kappa shape index (κ2) is 7.47. The normalized spacial score (nSPS) is 10.2. The molecule has 0 fully saturated rings. The Bertz CT molecular complexity index is 546. The summed E-state index contributed by atoms with van der Waals surface area (Å²) < 4.78 is 9.76. The van der Waals surface area contributed by atoms with Crippen LogP contribution in [0.3, 0.4) is 0 Å². The summed E-state index contributed by atoms with van der Waals surface area (Å²) in [5.74, 6) is -1.86. The zero-order valence-electron chi connectivity index (χ0n) is 12.3. The van der Waals surface area contributed by atoms with Crippen LogP contribution in [0, 0.1) is 6.92 Å². The van der Waals surface area contributed by atoms with Gasteiger partial charge in [-0.1, -0.05) is 0 Å².